The lowest BCUT2D eigenvalue weighted by Gasteiger charge is -2.22. The Morgan fingerprint density at radius 3 is 2.85 bits per heavy atom. The number of ether oxygens (including phenoxy) is 1. The fourth-order valence-electron chi connectivity index (χ4n) is 3.23. The van der Waals surface area contributed by atoms with Gasteiger partial charge in [0.05, 0.1) is 0 Å². The molecule has 7 heteroatoms. The predicted molar refractivity (Wildman–Crippen MR) is 103 cm³/mol. The summed E-state index contributed by atoms with van der Waals surface area (Å²) >= 11 is 1.15. The number of anilines is 1. The van der Waals surface area contributed by atoms with Crippen LogP contribution in [-0.2, 0) is 20.7 Å². The van der Waals surface area contributed by atoms with E-state index < -0.39 is 5.97 Å². The summed E-state index contributed by atoms with van der Waals surface area (Å²) in [5.74, 6) is -0.657. The molecule has 6 nitrogen and oxygen atoms in total. The largest absolute Gasteiger partial charge is 0.455 e. The van der Waals surface area contributed by atoms with Crippen molar-refractivity contribution in [3.8, 4) is 0 Å². The molecule has 2 aromatic carbocycles. The van der Waals surface area contributed by atoms with Crippen LogP contribution in [0.5, 0.6) is 0 Å². The first-order valence-electron chi connectivity index (χ1n) is 8.66. The van der Waals surface area contributed by atoms with E-state index >= 15 is 0 Å². The van der Waals surface area contributed by atoms with Crippen molar-refractivity contribution in [2.45, 2.75) is 24.6 Å². The molecule has 0 spiro atoms. The molecule has 0 aliphatic carbocycles. The molecule has 3 aromatic rings. The third-order valence-electron chi connectivity index (χ3n) is 4.42. The van der Waals surface area contributed by atoms with Gasteiger partial charge in [-0.25, -0.2) is 4.98 Å². The second kappa shape index (κ2) is 7.44. The molecule has 4 rings (SSSR count). The number of amides is 1. The van der Waals surface area contributed by atoms with Crippen LogP contribution in [0.15, 0.2) is 58.2 Å². The SMILES string of the molecule is CC1Cc2ccccc2N1C(=O)COC(=O)CSc1nc2ccccc2o1. The van der Waals surface area contributed by atoms with E-state index in [1.807, 2.05) is 55.5 Å². The molecule has 1 aromatic heterocycles. The Hall–Kier alpha value is -2.80. The van der Waals surface area contributed by atoms with Gasteiger partial charge >= 0.3 is 5.97 Å². The minimum atomic E-state index is -0.476. The van der Waals surface area contributed by atoms with Crippen LogP contribution in [0.4, 0.5) is 5.69 Å². The van der Waals surface area contributed by atoms with E-state index in [1.165, 1.54) is 0 Å². The highest BCUT2D eigenvalue weighted by molar-refractivity contribution is 7.99. The van der Waals surface area contributed by atoms with Crippen molar-refractivity contribution in [3.05, 3.63) is 54.1 Å². The average molecular weight is 382 g/mol. The van der Waals surface area contributed by atoms with Crippen LogP contribution in [0.3, 0.4) is 0 Å². The Morgan fingerprint density at radius 2 is 2.00 bits per heavy atom. The number of benzene rings is 2. The maximum Gasteiger partial charge on any atom is 0.316 e. The van der Waals surface area contributed by atoms with Crippen LogP contribution < -0.4 is 4.90 Å². The zero-order valence-electron chi connectivity index (χ0n) is 14.8. The molecule has 0 N–H and O–H groups in total. The molecule has 0 saturated heterocycles. The normalized spacial score (nSPS) is 15.7. The van der Waals surface area contributed by atoms with Gasteiger partial charge in [-0.1, -0.05) is 42.1 Å². The van der Waals surface area contributed by atoms with Crippen LogP contribution >= 0.6 is 11.8 Å². The van der Waals surface area contributed by atoms with E-state index in [-0.39, 0.29) is 24.3 Å². The number of fused-ring (bicyclic) bond motifs is 2. The fourth-order valence-corrected chi connectivity index (χ4v) is 3.87. The average Bonchev–Trinajstić information content (AvgIpc) is 3.23. The topological polar surface area (TPSA) is 72.6 Å². The number of carbonyl (C=O) groups excluding carboxylic acids is 2. The zero-order chi connectivity index (χ0) is 18.8. The van der Waals surface area contributed by atoms with Crippen LogP contribution in [-0.4, -0.2) is 35.3 Å². The van der Waals surface area contributed by atoms with E-state index in [0.29, 0.717) is 10.8 Å². The van der Waals surface area contributed by atoms with E-state index in [1.54, 1.807) is 4.90 Å². The standard InChI is InChI=1S/C20H18N2O4S/c1-13-10-14-6-2-4-8-16(14)22(13)18(23)11-25-19(24)12-27-20-21-15-7-3-5-9-17(15)26-20/h2-9,13H,10-12H2,1H3. The Balaban J connectivity index is 1.31. The predicted octanol–water partition coefficient (Wildman–Crippen LogP) is 3.44. The van der Waals surface area contributed by atoms with E-state index in [9.17, 15) is 9.59 Å². The number of rotatable bonds is 5. The smallest absolute Gasteiger partial charge is 0.316 e. The first-order valence-corrected chi connectivity index (χ1v) is 9.64. The highest BCUT2D eigenvalue weighted by atomic mass is 32.2. The van der Waals surface area contributed by atoms with Crippen molar-refractivity contribution < 1.29 is 18.7 Å². The third-order valence-corrected chi connectivity index (χ3v) is 5.22. The van der Waals surface area contributed by atoms with Crippen LogP contribution in [0, 0.1) is 0 Å². The maximum absolute atomic E-state index is 12.5. The Labute approximate surface area is 160 Å². The molecule has 0 fully saturated rings. The molecule has 0 saturated carbocycles. The highest BCUT2D eigenvalue weighted by Gasteiger charge is 2.30. The molecule has 0 bridgehead atoms. The summed E-state index contributed by atoms with van der Waals surface area (Å²) in [5, 5.41) is 0.404. The molecule has 1 unspecified atom stereocenters. The number of carbonyl (C=O) groups is 2. The summed E-state index contributed by atoms with van der Waals surface area (Å²) < 4.78 is 10.7. The Morgan fingerprint density at radius 1 is 1.22 bits per heavy atom. The molecule has 138 valence electrons. The second-order valence-electron chi connectivity index (χ2n) is 6.34. The van der Waals surface area contributed by atoms with E-state index in [2.05, 4.69) is 4.98 Å². The molecule has 1 atom stereocenters. The zero-order valence-corrected chi connectivity index (χ0v) is 15.6. The fraction of sp³-hybridized carbons (Fsp3) is 0.250. The number of esters is 1. The minimum Gasteiger partial charge on any atom is -0.455 e. The summed E-state index contributed by atoms with van der Waals surface area (Å²) in [6.45, 7) is 1.72. The number of nitrogens with zero attached hydrogens (tertiary/aromatic N) is 2. The summed E-state index contributed by atoms with van der Waals surface area (Å²) in [6.07, 6.45) is 0.809. The molecule has 1 aliphatic rings. The molecule has 27 heavy (non-hydrogen) atoms. The van der Waals surface area contributed by atoms with Crippen molar-refractivity contribution in [1.29, 1.82) is 0 Å². The van der Waals surface area contributed by atoms with Crippen LogP contribution in [0.2, 0.25) is 0 Å². The highest BCUT2D eigenvalue weighted by Crippen LogP contribution is 2.31. The molecule has 1 aliphatic heterocycles. The Kier molecular flexibility index (Phi) is 4.85. The summed E-state index contributed by atoms with van der Waals surface area (Å²) in [6, 6.07) is 15.2. The third kappa shape index (κ3) is 3.68. The van der Waals surface area contributed by atoms with Gasteiger partial charge in [-0.15, -0.1) is 0 Å². The van der Waals surface area contributed by atoms with Gasteiger partial charge in [-0.05, 0) is 37.1 Å². The first-order chi connectivity index (χ1) is 13.1. The number of thioether (sulfide) groups is 1. The van der Waals surface area contributed by atoms with Crippen molar-refractivity contribution >= 4 is 40.4 Å². The lowest BCUT2D eigenvalue weighted by Crippen LogP contribution is -2.38. The number of hydrogen-bond donors (Lipinski definition) is 0. The van der Waals surface area contributed by atoms with Crippen molar-refractivity contribution in [2.75, 3.05) is 17.3 Å². The van der Waals surface area contributed by atoms with Crippen LogP contribution in [0.25, 0.3) is 11.1 Å². The molecule has 0 radical (unpaired) electrons. The van der Waals surface area contributed by atoms with Gasteiger partial charge in [0.1, 0.15) is 11.3 Å². The van der Waals surface area contributed by atoms with Crippen molar-refractivity contribution in [3.63, 3.8) is 0 Å². The summed E-state index contributed by atoms with van der Waals surface area (Å²) in [4.78, 5) is 30.5. The van der Waals surface area contributed by atoms with Crippen molar-refractivity contribution in [1.82, 2.24) is 4.98 Å². The van der Waals surface area contributed by atoms with Crippen molar-refractivity contribution in [2.24, 2.45) is 0 Å². The van der Waals surface area contributed by atoms with Gasteiger partial charge in [-0.2, -0.15) is 0 Å². The minimum absolute atomic E-state index is 0.0340. The number of oxazole rings is 1. The molecule has 2 heterocycles. The quantitative estimate of drug-likeness (QED) is 0.497. The summed E-state index contributed by atoms with van der Waals surface area (Å²) in [7, 11) is 0. The lowest BCUT2D eigenvalue weighted by molar-refractivity contribution is -0.145. The first kappa shape index (κ1) is 17.6. The number of para-hydroxylation sites is 3. The lowest BCUT2D eigenvalue weighted by atomic mass is 10.1. The van der Waals surface area contributed by atoms with Gasteiger partial charge in [0.2, 0.25) is 0 Å². The maximum atomic E-state index is 12.5. The number of aromatic nitrogens is 1. The van der Waals surface area contributed by atoms with Gasteiger partial charge in [0.15, 0.2) is 12.2 Å². The van der Waals surface area contributed by atoms with Gasteiger partial charge in [0.25, 0.3) is 11.1 Å². The van der Waals surface area contributed by atoms with Gasteiger partial charge < -0.3 is 14.1 Å². The monoisotopic (exact) mass is 382 g/mol. The second-order valence-corrected chi connectivity index (χ2v) is 7.27. The molecular weight excluding hydrogens is 364 g/mol. The molecular formula is C20H18N2O4S. The summed E-state index contributed by atoms with van der Waals surface area (Å²) in [5.41, 5.74) is 3.44. The van der Waals surface area contributed by atoms with Crippen LogP contribution in [0.1, 0.15) is 12.5 Å². The van der Waals surface area contributed by atoms with E-state index in [4.69, 9.17) is 9.15 Å². The number of hydrogen-bond acceptors (Lipinski definition) is 6. The van der Waals surface area contributed by atoms with E-state index in [0.717, 1.165) is 35.0 Å². The van der Waals surface area contributed by atoms with Gasteiger partial charge in [-0.3, -0.25) is 9.59 Å². The Bertz CT molecular complexity index is 967. The van der Waals surface area contributed by atoms with Gasteiger partial charge in [0, 0.05) is 11.7 Å². The molecule has 1 amide bonds.